The van der Waals surface area contributed by atoms with E-state index in [9.17, 15) is 4.39 Å². The summed E-state index contributed by atoms with van der Waals surface area (Å²) in [7, 11) is 1.54. The molecule has 3 rings (SSSR count). The Hall–Kier alpha value is -3.05. The van der Waals surface area contributed by atoms with Crippen LogP contribution in [0.15, 0.2) is 30.6 Å². The minimum atomic E-state index is -0.641. The summed E-state index contributed by atoms with van der Waals surface area (Å²) in [5, 5.41) is 12.7. The zero-order chi connectivity index (χ0) is 15.5. The quantitative estimate of drug-likeness (QED) is 0.733. The van der Waals surface area contributed by atoms with Gasteiger partial charge in [-0.3, -0.25) is 0 Å². The molecular weight excluding hydrogens is 289 g/mol. The second-order valence-corrected chi connectivity index (χ2v) is 4.35. The van der Waals surface area contributed by atoms with Crippen LogP contribution < -0.4 is 4.74 Å². The van der Waals surface area contributed by atoms with Crippen LogP contribution in [0.25, 0.3) is 5.78 Å². The highest BCUT2D eigenvalue weighted by Crippen LogP contribution is 2.25. The molecule has 7 nitrogen and oxygen atoms in total. The number of hydrogen-bond acceptors (Lipinski definition) is 6. The van der Waals surface area contributed by atoms with Crippen molar-refractivity contribution >= 4 is 5.78 Å². The molecule has 2 heterocycles. The van der Waals surface area contributed by atoms with Gasteiger partial charge in [0.1, 0.15) is 6.33 Å². The van der Waals surface area contributed by atoms with Crippen molar-refractivity contribution < 1.29 is 13.9 Å². The van der Waals surface area contributed by atoms with E-state index in [-0.39, 0.29) is 23.8 Å². The first kappa shape index (κ1) is 13.9. The van der Waals surface area contributed by atoms with Crippen LogP contribution >= 0.6 is 0 Å². The molecule has 8 heteroatoms. The third-order valence-corrected chi connectivity index (χ3v) is 2.84. The molecule has 0 aliphatic carbocycles. The fraction of sp³-hybridized carbons (Fsp3) is 0.143. The number of aromatic nitrogens is 4. The maximum atomic E-state index is 13.9. The monoisotopic (exact) mass is 299 g/mol. The SMILES string of the molecule is COCc1cc(Oc2ccc(C#N)cc2F)n2ncnc2n1. The zero-order valence-electron chi connectivity index (χ0n) is 11.5. The number of fused-ring (bicyclic) bond motifs is 1. The van der Waals surface area contributed by atoms with Gasteiger partial charge in [0.25, 0.3) is 5.78 Å². The smallest absolute Gasteiger partial charge is 0.255 e. The van der Waals surface area contributed by atoms with Gasteiger partial charge < -0.3 is 9.47 Å². The summed E-state index contributed by atoms with van der Waals surface area (Å²) in [6, 6.07) is 7.40. The minimum Gasteiger partial charge on any atom is -0.436 e. The minimum absolute atomic E-state index is 0.0228. The summed E-state index contributed by atoms with van der Waals surface area (Å²) < 4.78 is 25.9. The van der Waals surface area contributed by atoms with E-state index in [2.05, 4.69) is 15.1 Å². The van der Waals surface area contributed by atoms with Crippen LogP contribution in [0.5, 0.6) is 11.6 Å². The molecule has 0 fully saturated rings. The van der Waals surface area contributed by atoms with Gasteiger partial charge in [0.05, 0.1) is 23.9 Å². The van der Waals surface area contributed by atoms with Crippen molar-refractivity contribution in [2.24, 2.45) is 0 Å². The summed E-state index contributed by atoms with van der Waals surface area (Å²) in [5.41, 5.74) is 0.789. The molecule has 110 valence electrons. The van der Waals surface area contributed by atoms with Crippen molar-refractivity contribution in [1.82, 2.24) is 19.6 Å². The molecule has 0 unspecified atom stereocenters. The number of methoxy groups -OCH3 is 1. The van der Waals surface area contributed by atoms with Gasteiger partial charge in [-0.05, 0) is 18.2 Å². The first-order chi connectivity index (χ1) is 10.7. The fourth-order valence-corrected chi connectivity index (χ4v) is 1.89. The van der Waals surface area contributed by atoms with Crippen LogP contribution in [0.2, 0.25) is 0 Å². The van der Waals surface area contributed by atoms with Crippen molar-refractivity contribution in [2.45, 2.75) is 6.61 Å². The highest BCUT2D eigenvalue weighted by atomic mass is 19.1. The maximum absolute atomic E-state index is 13.9. The molecule has 22 heavy (non-hydrogen) atoms. The van der Waals surface area contributed by atoms with Crippen LogP contribution in [-0.4, -0.2) is 26.7 Å². The molecular formula is C14H10FN5O2. The molecule has 2 aromatic heterocycles. The van der Waals surface area contributed by atoms with Crippen molar-refractivity contribution in [3.8, 4) is 17.7 Å². The average Bonchev–Trinajstić information content (AvgIpc) is 2.98. The third kappa shape index (κ3) is 2.57. The fourth-order valence-electron chi connectivity index (χ4n) is 1.89. The number of nitrogens with zero attached hydrogens (tertiary/aromatic N) is 5. The van der Waals surface area contributed by atoms with Crippen LogP contribution in [0, 0.1) is 17.1 Å². The Morgan fingerprint density at radius 3 is 2.95 bits per heavy atom. The van der Waals surface area contributed by atoms with Crippen molar-refractivity contribution in [3.63, 3.8) is 0 Å². The molecule has 0 saturated heterocycles. The van der Waals surface area contributed by atoms with E-state index in [0.29, 0.717) is 11.5 Å². The second-order valence-electron chi connectivity index (χ2n) is 4.35. The van der Waals surface area contributed by atoms with Crippen molar-refractivity contribution in [3.05, 3.63) is 47.7 Å². The van der Waals surface area contributed by atoms with E-state index in [1.807, 2.05) is 6.07 Å². The van der Waals surface area contributed by atoms with Gasteiger partial charge in [0.15, 0.2) is 11.6 Å². The molecule has 0 radical (unpaired) electrons. The molecule has 0 spiro atoms. The lowest BCUT2D eigenvalue weighted by molar-refractivity contribution is 0.181. The van der Waals surface area contributed by atoms with E-state index >= 15 is 0 Å². The topological polar surface area (TPSA) is 85.3 Å². The Morgan fingerprint density at radius 2 is 2.23 bits per heavy atom. The number of rotatable bonds is 4. The van der Waals surface area contributed by atoms with Gasteiger partial charge in [0.2, 0.25) is 5.88 Å². The van der Waals surface area contributed by atoms with Gasteiger partial charge in [-0.2, -0.15) is 19.9 Å². The van der Waals surface area contributed by atoms with Gasteiger partial charge in [-0.1, -0.05) is 0 Å². The summed E-state index contributed by atoms with van der Waals surface area (Å²) in [6.07, 6.45) is 1.32. The lowest BCUT2D eigenvalue weighted by atomic mass is 10.2. The molecule has 0 bridgehead atoms. The van der Waals surface area contributed by atoms with Gasteiger partial charge >= 0.3 is 0 Å². The normalized spacial score (nSPS) is 10.6. The van der Waals surface area contributed by atoms with Crippen LogP contribution in [0.1, 0.15) is 11.3 Å². The number of benzene rings is 1. The lowest BCUT2D eigenvalue weighted by Crippen LogP contribution is -2.02. The lowest BCUT2D eigenvalue weighted by Gasteiger charge is -2.09. The average molecular weight is 299 g/mol. The van der Waals surface area contributed by atoms with Gasteiger partial charge in [-0.25, -0.2) is 9.37 Å². The van der Waals surface area contributed by atoms with Crippen LogP contribution in [0.3, 0.4) is 0 Å². The Balaban J connectivity index is 2.03. The largest absolute Gasteiger partial charge is 0.436 e. The standard InChI is InChI=1S/C14H10FN5O2/c1-21-7-10-5-13(20-14(19-10)17-8-18-20)22-12-3-2-9(6-16)4-11(12)15/h2-5,8H,7H2,1H3. The molecule has 0 aliphatic rings. The summed E-state index contributed by atoms with van der Waals surface area (Å²) in [6.45, 7) is 0.259. The first-order valence-corrected chi connectivity index (χ1v) is 6.27. The van der Waals surface area contributed by atoms with Gasteiger partial charge in [0, 0.05) is 13.2 Å². The Kier molecular flexibility index (Phi) is 3.64. The van der Waals surface area contributed by atoms with Crippen LogP contribution in [-0.2, 0) is 11.3 Å². The van der Waals surface area contributed by atoms with Crippen molar-refractivity contribution in [1.29, 1.82) is 5.26 Å². The summed E-state index contributed by atoms with van der Waals surface area (Å²) >= 11 is 0. The third-order valence-electron chi connectivity index (χ3n) is 2.84. The number of hydrogen-bond donors (Lipinski definition) is 0. The highest BCUT2D eigenvalue weighted by molar-refractivity contribution is 5.39. The number of halogens is 1. The summed E-state index contributed by atoms with van der Waals surface area (Å²) in [4.78, 5) is 8.21. The molecule has 3 aromatic rings. The van der Waals surface area contributed by atoms with E-state index in [1.165, 1.54) is 30.1 Å². The molecule has 0 N–H and O–H groups in total. The number of ether oxygens (including phenoxy) is 2. The molecule has 0 amide bonds. The predicted molar refractivity (Wildman–Crippen MR) is 72.7 cm³/mol. The first-order valence-electron chi connectivity index (χ1n) is 6.27. The molecule has 1 aromatic carbocycles. The Labute approximate surface area is 124 Å². The molecule has 0 atom stereocenters. The maximum Gasteiger partial charge on any atom is 0.255 e. The highest BCUT2D eigenvalue weighted by Gasteiger charge is 2.12. The van der Waals surface area contributed by atoms with E-state index in [1.54, 1.807) is 6.07 Å². The Bertz CT molecular complexity index is 871. The number of nitriles is 1. The van der Waals surface area contributed by atoms with E-state index < -0.39 is 5.82 Å². The van der Waals surface area contributed by atoms with Gasteiger partial charge in [-0.15, -0.1) is 0 Å². The summed E-state index contributed by atoms with van der Waals surface area (Å²) in [5.74, 6) is -0.0976. The second kappa shape index (κ2) is 5.75. The Morgan fingerprint density at radius 1 is 1.36 bits per heavy atom. The van der Waals surface area contributed by atoms with E-state index in [4.69, 9.17) is 14.7 Å². The molecule has 0 aliphatic heterocycles. The zero-order valence-corrected chi connectivity index (χ0v) is 11.5. The van der Waals surface area contributed by atoms with E-state index in [0.717, 1.165) is 6.07 Å². The molecule has 0 saturated carbocycles. The van der Waals surface area contributed by atoms with Crippen molar-refractivity contribution in [2.75, 3.05) is 7.11 Å². The predicted octanol–water partition coefficient (Wildman–Crippen LogP) is 2.07. The van der Waals surface area contributed by atoms with Crippen LogP contribution in [0.4, 0.5) is 4.39 Å².